The van der Waals surface area contributed by atoms with Gasteiger partial charge >= 0.3 is 5.76 Å². The molecule has 3 rings (SSSR count). The van der Waals surface area contributed by atoms with Crippen LogP contribution in [0.25, 0.3) is 11.1 Å². The van der Waals surface area contributed by atoms with Crippen LogP contribution in [0.2, 0.25) is 0 Å². The molecule has 2 aromatic carbocycles. The average molecular weight is 368 g/mol. The third kappa shape index (κ3) is 4.27. The summed E-state index contributed by atoms with van der Waals surface area (Å²) in [5.74, 6) is -0.726. The van der Waals surface area contributed by atoms with Gasteiger partial charge in [0.2, 0.25) is 5.91 Å². The Kier molecular flexibility index (Phi) is 5.43. The Bertz CT molecular complexity index is 1000. The maximum atomic E-state index is 12.5. The molecule has 0 bridgehead atoms. The summed E-state index contributed by atoms with van der Waals surface area (Å²) < 4.78 is 6.83. The Hall–Kier alpha value is -2.90. The Morgan fingerprint density at radius 2 is 1.93 bits per heavy atom. The number of nitrogens with zero attached hydrogens (tertiary/aromatic N) is 2. The van der Waals surface area contributed by atoms with Gasteiger partial charge in [-0.1, -0.05) is 29.8 Å². The number of amides is 1. The third-order valence-corrected chi connectivity index (χ3v) is 4.42. The van der Waals surface area contributed by atoms with Gasteiger partial charge in [0.15, 0.2) is 5.58 Å². The summed E-state index contributed by atoms with van der Waals surface area (Å²) in [7, 11) is 3.87. The van der Waals surface area contributed by atoms with Crippen LogP contribution in [0.1, 0.15) is 17.2 Å². The van der Waals surface area contributed by atoms with Gasteiger partial charge < -0.3 is 20.4 Å². The molecule has 0 aliphatic rings. The van der Waals surface area contributed by atoms with Crippen molar-refractivity contribution in [3.8, 4) is 0 Å². The van der Waals surface area contributed by atoms with Crippen LogP contribution in [0.15, 0.2) is 51.7 Å². The number of anilines is 1. The van der Waals surface area contributed by atoms with Gasteiger partial charge in [-0.2, -0.15) is 0 Å². The lowest BCUT2D eigenvalue weighted by molar-refractivity contribution is -0.117. The van der Waals surface area contributed by atoms with E-state index in [0.717, 1.165) is 11.1 Å². The van der Waals surface area contributed by atoms with E-state index >= 15 is 0 Å². The van der Waals surface area contributed by atoms with Crippen molar-refractivity contribution < 1.29 is 9.21 Å². The van der Waals surface area contributed by atoms with E-state index in [9.17, 15) is 9.59 Å². The molecule has 7 nitrogen and oxygen atoms in total. The van der Waals surface area contributed by atoms with Crippen molar-refractivity contribution in [1.82, 2.24) is 9.47 Å². The minimum Gasteiger partial charge on any atom is -0.408 e. The highest BCUT2D eigenvalue weighted by Crippen LogP contribution is 2.20. The molecule has 0 aliphatic carbocycles. The second kappa shape index (κ2) is 7.77. The monoisotopic (exact) mass is 368 g/mol. The fourth-order valence-corrected chi connectivity index (χ4v) is 2.80. The van der Waals surface area contributed by atoms with Crippen molar-refractivity contribution in [2.75, 3.05) is 26.0 Å². The maximum absolute atomic E-state index is 12.5. The first-order valence-corrected chi connectivity index (χ1v) is 8.76. The number of aromatic nitrogens is 1. The number of hydrogen-bond donors (Lipinski definition) is 2. The molecule has 3 N–H and O–H groups in total. The second-order valence-electron chi connectivity index (χ2n) is 6.88. The van der Waals surface area contributed by atoms with Gasteiger partial charge in [-0.15, -0.1) is 0 Å². The smallest absolute Gasteiger partial charge is 0.408 e. The van der Waals surface area contributed by atoms with E-state index < -0.39 is 11.8 Å². The number of fused-ring (bicyclic) bond motifs is 1. The minimum absolute atomic E-state index is 0.316. The van der Waals surface area contributed by atoms with Gasteiger partial charge in [0.25, 0.3) is 0 Å². The number of nitrogens with two attached hydrogens (primary N) is 1. The topological polar surface area (TPSA) is 93.5 Å². The molecule has 0 aliphatic heterocycles. The van der Waals surface area contributed by atoms with Gasteiger partial charge in [0.1, 0.15) is 6.04 Å². The molecule has 1 unspecified atom stereocenters. The lowest BCUT2D eigenvalue weighted by Crippen LogP contribution is -2.27. The van der Waals surface area contributed by atoms with Crippen molar-refractivity contribution in [3.05, 3.63) is 64.1 Å². The Morgan fingerprint density at radius 3 is 2.59 bits per heavy atom. The lowest BCUT2D eigenvalue weighted by Gasteiger charge is -2.13. The zero-order chi connectivity index (χ0) is 19.6. The van der Waals surface area contributed by atoms with Gasteiger partial charge in [-0.05, 0) is 44.8 Å². The van der Waals surface area contributed by atoms with Crippen molar-refractivity contribution in [1.29, 1.82) is 0 Å². The average Bonchev–Trinajstić information content (AvgIpc) is 2.94. The van der Waals surface area contributed by atoms with Gasteiger partial charge in [0, 0.05) is 18.8 Å². The summed E-state index contributed by atoms with van der Waals surface area (Å²) in [6.07, 6.45) is 0. The normalized spacial score (nSPS) is 12.5. The van der Waals surface area contributed by atoms with Crippen molar-refractivity contribution in [2.24, 2.45) is 5.73 Å². The molecular weight excluding hydrogens is 344 g/mol. The predicted molar refractivity (Wildman–Crippen MR) is 106 cm³/mol. The maximum Gasteiger partial charge on any atom is 0.419 e. The van der Waals surface area contributed by atoms with E-state index in [1.54, 1.807) is 22.8 Å². The predicted octanol–water partition coefficient (Wildman–Crippen LogP) is 2.10. The summed E-state index contributed by atoms with van der Waals surface area (Å²) in [4.78, 5) is 26.6. The van der Waals surface area contributed by atoms with Crippen LogP contribution in [0, 0.1) is 6.92 Å². The van der Waals surface area contributed by atoms with Crippen LogP contribution in [0.3, 0.4) is 0 Å². The second-order valence-corrected chi connectivity index (χ2v) is 6.88. The molecule has 1 amide bonds. The molecule has 1 heterocycles. The molecule has 0 spiro atoms. The summed E-state index contributed by atoms with van der Waals surface area (Å²) in [6, 6.07) is 11.9. The molecular formula is C20H24N4O3. The number of rotatable bonds is 6. The Morgan fingerprint density at radius 1 is 1.22 bits per heavy atom. The van der Waals surface area contributed by atoms with Crippen LogP contribution in [-0.2, 0) is 11.3 Å². The van der Waals surface area contributed by atoms with E-state index in [2.05, 4.69) is 5.32 Å². The SMILES string of the molecule is Cc1ccc(C(N)C(=O)Nc2ccc3oc(=O)n(CCN(C)C)c3c2)cc1. The lowest BCUT2D eigenvalue weighted by atomic mass is 10.1. The highest BCUT2D eigenvalue weighted by atomic mass is 16.4. The third-order valence-electron chi connectivity index (χ3n) is 4.42. The number of benzene rings is 2. The van der Waals surface area contributed by atoms with E-state index in [1.807, 2.05) is 50.2 Å². The molecule has 142 valence electrons. The largest absolute Gasteiger partial charge is 0.419 e. The molecule has 27 heavy (non-hydrogen) atoms. The van der Waals surface area contributed by atoms with Crippen LogP contribution in [-0.4, -0.2) is 36.0 Å². The highest BCUT2D eigenvalue weighted by Gasteiger charge is 2.17. The summed E-state index contributed by atoms with van der Waals surface area (Å²) in [6.45, 7) is 3.17. The number of oxazole rings is 1. The fourth-order valence-electron chi connectivity index (χ4n) is 2.80. The highest BCUT2D eigenvalue weighted by molar-refractivity contribution is 5.96. The summed E-state index contributed by atoms with van der Waals surface area (Å²) in [5, 5.41) is 2.82. The zero-order valence-corrected chi connectivity index (χ0v) is 15.7. The molecule has 0 radical (unpaired) electrons. The van der Waals surface area contributed by atoms with Crippen molar-refractivity contribution in [2.45, 2.75) is 19.5 Å². The van der Waals surface area contributed by atoms with Crippen molar-refractivity contribution >= 4 is 22.7 Å². The number of carbonyl (C=O) groups is 1. The first-order valence-electron chi connectivity index (χ1n) is 8.76. The van der Waals surface area contributed by atoms with Crippen LogP contribution < -0.4 is 16.8 Å². The molecule has 1 aromatic heterocycles. The molecule has 0 saturated carbocycles. The first kappa shape index (κ1) is 18.9. The van der Waals surface area contributed by atoms with E-state index in [0.29, 0.717) is 29.9 Å². The van der Waals surface area contributed by atoms with Gasteiger partial charge in [-0.3, -0.25) is 9.36 Å². The molecule has 0 saturated heterocycles. The quantitative estimate of drug-likeness (QED) is 0.695. The minimum atomic E-state index is -0.776. The first-order chi connectivity index (χ1) is 12.8. The van der Waals surface area contributed by atoms with Crippen molar-refractivity contribution in [3.63, 3.8) is 0 Å². The van der Waals surface area contributed by atoms with Gasteiger partial charge in [-0.25, -0.2) is 4.79 Å². The number of aryl methyl sites for hydroxylation is 1. The fraction of sp³-hybridized carbons (Fsp3) is 0.300. The van der Waals surface area contributed by atoms with E-state index in [1.165, 1.54) is 0 Å². The number of nitrogens with one attached hydrogen (secondary N) is 1. The molecule has 3 aromatic rings. The standard InChI is InChI=1S/C20H24N4O3/c1-13-4-6-14(7-5-13)18(21)19(25)22-15-8-9-17-16(12-15)24(20(26)27-17)11-10-23(2)3/h4-9,12,18H,10-11,21H2,1-3H3,(H,22,25). The van der Waals surface area contributed by atoms with Crippen LogP contribution in [0.5, 0.6) is 0 Å². The van der Waals surface area contributed by atoms with E-state index in [4.69, 9.17) is 10.2 Å². The summed E-state index contributed by atoms with van der Waals surface area (Å²) in [5.41, 5.74) is 9.61. The number of hydrogen-bond acceptors (Lipinski definition) is 5. The number of carbonyl (C=O) groups excluding carboxylic acids is 1. The van der Waals surface area contributed by atoms with Crippen LogP contribution in [0.4, 0.5) is 5.69 Å². The molecule has 0 fully saturated rings. The summed E-state index contributed by atoms with van der Waals surface area (Å²) >= 11 is 0. The van der Waals surface area contributed by atoms with Gasteiger partial charge in [0.05, 0.1) is 5.52 Å². The Labute approximate surface area is 157 Å². The van der Waals surface area contributed by atoms with E-state index in [-0.39, 0.29) is 5.91 Å². The molecule has 1 atom stereocenters. The zero-order valence-electron chi connectivity index (χ0n) is 15.7. The Balaban J connectivity index is 1.82. The molecule has 7 heteroatoms. The van der Waals surface area contributed by atoms with Crippen LogP contribution >= 0.6 is 0 Å². The number of likely N-dealkylation sites (N-methyl/N-ethyl adjacent to an activating group) is 1.